The van der Waals surface area contributed by atoms with Crippen molar-refractivity contribution >= 4 is 22.7 Å². The number of rotatable bonds is 1. The molecule has 2 N–H and O–H groups in total. The lowest BCUT2D eigenvalue weighted by molar-refractivity contribution is 0.0685. The van der Waals surface area contributed by atoms with Gasteiger partial charge in [-0.1, -0.05) is 12.8 Å². The van der Waals surface area contributed by atoms with Gasteiger partial charge in [-0.05, 0) is 56.4 Å². The summed E-state index contributed by atoms with van der Waals surface area (Å²) in [6, 6.07) is 1.86. The van der Waals surface area contributed by atoms with Crippen LogP contribution in [0.25, 0.3) is 10.9 Å². The van der Waals surface area contributed by atoms with Crippen LogP contribution in [0.5, 0.6) is 5.75 Å². The maximum atomic E-state index is 14.2. The van der Waals surface area contributed by atoms with Crippen molar-refractivity contribution in [1.29, 1.82) is 0 Å². The number of carbonyl (C=O) groups excluding carboxylic acids is 2. The minimum absolute atomic E-state index is 0.0623. The molecule has 0 saturated carbocycles. The van der Waals surface area contributed by atoms with Gasteiger partial charge in [0.15, 0.2) is 28.8 Å². The van der Waals surface area contributed by atoms with Crippen molar-refractivity contribution < 1.29 is 23.5 Å². The van der Waals surface area contributed by atoms with E-state index in [0.29, 0.717) is 43.6 Å². The highest BCUT2D eigenvalue weighted by atomic mass is 19.2. The zero-order valence-corrected chi connectivity index (χ0v) is 20.8. The third-order valence-corrected chi connectivity index (χ3v) is 7.31. The van der Waals surface area contributed by atoms with Crippen molar-refractivity contribution in [3.05, 3.63) is 56.6 Å². The third-order valence-electron chi connectivity index (χ3n) is 7.31. The Morgan fingerprint density at radius 2 is 1.78 bits per heavy atom. The van der Waals surface area contributed by atoms with Gasteiger partial charge < -0.3 is 19.9 Å². The van der Waals surface area contributed by atoms with E-state index in [1.165, 1.54) is 4.57 Å². The molecule has 2 aromatic heterocycles. The van der Waals surface area contributed by atoms with Gasteiger partial charge in [0.05, 0.1) is 12.1 Å². The number of aryl methyl sites for hydroxylation is 1. The van der Waals surface area contributed by atoms with Crippen LogP contribution in [0.2, 0.25) is 0 Å². The number of hydrogen-bond donors (Lipinski definition) is 2. The number of hydrogen-bond acceptors (Lipinski definition) is 5. The number of aromatic nitrogens is 3. The summed E-state index contributed by atoms with van der Waals surface area (Å²) >= 11 is 0. The highest BCUT2D eigenvalue weighted by Crippen LogP contribution is 2.38. The van der Waals surface area contributed by atoms with Crippen molar-refractivity contribution in [3.8, 4) is 5.75 Å². The molecule has 4 heterocycles. The number of likely N-dealkylation sites (N-methyl/N-ethyl adjacent to an activating group) is 1. The Morgan fingerprint density at radius 3 is 2.51 bits per heavy atom. The summed E-state index contributed by atoms with van der Waals surface area (Å²) in [6.07, 6.45) is 3.61. The normalized spacial score (nSPS) is 18.8. The van der Waals surface area contributed by atoms with Crippen LogP contribution in [-0.4, -0.2) is 55.8 Å². The molecule has 196 valence electrons. The minimum atomic E-state index is -1.05. The van der Waals surface area contributed by atoms with Gasteiger partial charge in [-0.15, -0.1) is 0 Å². The molecule has 2 aliphatic rings. The number of amides is 2. The van der Waals surface area contributed by atoms with Gasteiger partial charge in [-0.2, -0.15) is 5.10 Å². The van der Waals surface area contributed by atoms with Crippen molar-refractivity contribution in [2.75, 3.05) is 19.6 Å². The standard InChI is InChI=1S/C26H29F2N5O4/c1-3-31-12-14(2)33-21-19(23(34)22(33)26(31)37)25(36)32-13-16-11-18(28)17(27)10-15(16)8-6-4-5-7-9-29-24(35)20(21)30-32/h10-11,14,34H,3-9,12-13H2,1-2H3,(H,29,35)/t14-/m0/s1. The molecule has 5 rings (SSSR count). The molecule has 11 heteroatoms. The first-order valence-corrected chi connectivity index (χ1v) is 12.6. The largest absolute Gasteiger partial charge is 0.505 e. The van der Waals surface area contributed by atoms with Crippen LogP contribution in [0, 0.1) is 11.6 Å². The van der Waals surface area contributed by atoms with E-state index in [-0.39, 0.29) is 34.9 Å². The lowest BCUT2D eigenvalue weighted by Crippen LogP contribution is -2.42. The molecule has 0 unspecified atom stereocenters. The molecule has 9 nitrogen and oxygen atoms in total. The number of carbonyl (C=O) groups is 2. The smallest absolute Gasteiger partial charge is 0.280 e. The maximum Gasteiger partial charge on any atom is 0.280 e. The second-order valence-corrected chi connectivity index (χ2v) is 9.75. The maximum absolute atomic E-state index is 14.2. The Labute approximate surface area is 211 Å². The zero-order valence-electron chi connectivity index (χ0n) is 20.8. The molecule has 0 aliphatic carbocycles. The van der Waals surface area contributed by atoms with E-state index in [9.17, 15) is 28.3 Å². The quantitative estimate of drug-likeness (QED) is 0.520. The molecule has 0 fully saturated rings. The van der Waals surface area contributed by atoms with Crippen molar-refractivity contribution in [2.24, 2.45) is 0 Å². The molecule has 3 aromatic rings. The van der Waals surface area contributed by atoms with Gasteiger partial charge in [0.2, 0.25) is 0 Å². The van der Waals surface area contributed by atoms with E-state index in [2.05, 4.69) is 10.4 Å². The highest BCUT2D eigenvalue weighted by Gasteiger charge is 2.37. The first-order chi connectivity index (χ1) is 17.7. The average Bonchev–Trinajstić information content (AvgIpc) is 3.18. The number of benzene rings is 1. The fourth-order valence-electron chi connectivity index (χ4n) is 5.42. The third kappa shape index (κ3) is 4.15. The van der Waals surface area contributed by atoms with Crippen LogP contribution < -0.4 is 10.9 Å². The second-order valence-electron chi connectivity index (χ2n) is 9.75. The first-order valence-electron chi connectivity index (χ1n) is 12.6. The molecule has 2 aliphatic heterocycles. The summed E-state index contributed by atoms with van der Waals surface area (Å²) in [6.45, 7) is 4.57. The first kappa shape index (κ1) is 24.9. The van der Waals surface area contributed by atoms with Gasteiger partial charge >= 0.3 is 0 Å². The molecule has 0 radical (unpaired) electrons. The highest BCUT2D eigenvalue weighted by molar-refractivity contribution is 6.10. The summed E-state index contributed by atoms with van der Waals surface area (Å²) < 4.78 is 30.8. The van der Waals surface area contributed by atoms with E-state index in [0.717, 1.165) is 36.1 Å². The number of nitrogens with one attached hydrogen (secondary N) is 1. The Bertz CT molecular complexity index is 1480. The predicted octanol–water partition coefficient (Wildman–Crippen LogP) is 3.11. The van der Waals surface area contributed by atoms with Crippen molar-refractivity contribution in [1.82, 2.24) is 24.6 Å². The van der Waals surface area contributed by atoms with Gasteiger partial charge in [0, 0.05) is 25.7 Å². The minimum Gasteiger partial charge on any atom is -0.505 e. The second kappa shape index (κ2) is 9.60. The Morgan fingerprint density at radius 1 is 1.08 bits per heavy atom. The van der Waals surface area contributed by atoms with Gasteiger partial charge in [-0.3, -0.25) is 14.4 Å². The molecular weight excluding hydrogens is 484 g/mol. The molecule has 2 bridgehead atoms. The van der Waals surface area contributed by atoms with Gasteiger partial charge in [-0.25, -0.2) is 13.5 Å². The fraction of sp³-hybridized carbons (Fsp3) is 0.462. The number of fused-ring (bicyclic) bond motifs is 7. The summed E-state index contributed by atoms with van der Waals surface area (Å²) in [5.74, 6) is -3.51. The summed E-state index contributed by atoms with van der Waals surface area (Å²) in [5, 5.41) is 18.2. The number of aromatic hydroxyl groups is 1. The van der Waals surface area contributed by atoms with E-state index in [1.807, 2.05) is 13.8 Å². The van der Waals surface area contributed by atoms with Crippen LogP contribution in [-0.2, 0) is 13.0 Å². The van der Waals surface area contributed by atoms with Crippen LogP contribution in [0.1, 0.15) is 77.7 Å². The topological polar surface area (TPSA) is 109 Å². The number of halogens is 2. The SMILES string of the molecule is CCN1C[C@H](C)n2c(c(O)c3c(=O)n4nc(c32)C(=O)NCCCCCCc2cc(F)c(F)cc2C4)C1=O. The van der Waals surface area contributed by atoms with E-state index in [4.69, 9.17) is 0 Å². The van der Waals surface area contributed by atoms with Crippen LogP contribution in [0.4, 0.5) is 8.78 Å². The van der Waals surface area contributed by atoms with Crippen LogP contribution in [0.3, 0.4) is 0 Å². The molecule has 1 atom stereocenters. The average molecular weight is 514 g/mol. The zero-order chi connectivity index (χ0) is 26.4. The van der Waals surface area contributed by atoms with Crippen LogP contribution in [0.15, 0.2) is 16.9 Å². The Balaban J connectivity index is 1.79. The Hall–Kier alpha value is -3.76. The molecule has 37 heavy (non-hydrogen) atoms. The van der Waals surface area contributed by atoms with Crippen molar-refractivity contribution in [2.45, 2.75) is 58.5 Å². The van der Waals surface area contributed by atoms with E-state index < -0.39 is 34.8 Å². The predicted molar refractivity (Wildman–Crippen MR) is 132 cm³/mol. The van der Waals surface area contributed by atoms with E-state index >= 15 is 0 Å². The molecule has 0 spiro atoms. The lowest BCUT2D eigenvalue weighted by Gasteiger charge is -2.32. The number of nitrogens with zero attached hydrogens (tertiary/aromatic N) is 4. The Kier molecular flexibility index (Phi) is 6.47. The molecule has 2 amide bonds. The van der Waals surface area contributed by atoms with Gasteiger partial charge in [0.25, 0.3) is 17.4 Å². The molecule has 1 aromatic carbocycles. The van der Waals surface area contributed by atoms with E-state index in [1.54, 1.807) is 4.90 Å². The monoisotopic (exact) mass is 513 g/mol. The molecule has 0 saturated heterocycles. The summed E-state index contributed by atoms with van der Waals surface area (Å²) in [4.78, 5) is 41.7. The summed E-state index contributed by atoms with van der Waals surface area (Å²) in [5.41, 5.74) is 0.117. The fourth-order valence-corrected chi connectivity index (χ4v) is 5.42. The summed E-state index contributed by atoms with van der Waals surface area (Å²) in [7, 11) is 0. The lowest BCUT2D eigenvalue weighted by atomic mass is 10.00. The van der Waals surface area contributed by atoms with Crippen LogP contribution >= 0.6 is 0 Å². The molecular formula is C26H29F2N5O4. The van der Waals surface area contributed by atoms with Gasteiger partial charge in [0.1, 0.15) is 5.39 Å². The van der Waals surface area contributed by atoms with Crippen molar-refractivity contribution in [3.63, 3.8) is 0 Å².